The molecule has 0 aliphatic carbocycles. The molecule has 2 aliphatic heterocycles. The summed E-state index contributed by atoms with van der Waals surface area (Å²) < 4.78 is 5.40. The van der Waals surface area contributed by atoms with Gasteiger partial charge in [0.15, 0.2) is 0 Å². The Hall–Kier alpha value is -0.0700. The van der Waals surface area contributed by atoms with Gasteiger partial charge in [0.1, 0.15) is 0 Å². The van der Waals surface area contributed by atoms with Crippen molar-refractivity contribution in [2.75, 3.05) is 39.4 Å². The molecule has 0 spiro atoms. The van der Waals surface area contributed by atoms with Crippen molar-refractivity contribution < 1.29 is 9.53 Å². The largest absolute Gasteiger partial charge is 0.379 e. The predicted octanol–water partition coefficient (Wildman–Crippen LogP) is 2.08. The number of piperidine rings is 1. The normalized spacial score (nSPS) is 25.5. The van der Waals surface area contributed by atoms with Crippen LogP contribution in [0, 0.1) is 11.8 Å². The zero-order valence-corrected chi connectivity index (χ0v) is 16.9. The molecule has 24 heavy (non-hydrogen) atoms. The van der Waals surface area contributed by atoms with Crippen molar-refractivity contribution in [3.05, 3.63) is 0 Å². The van der Waals surface area contributed by atoms with Crippen LogP contribution in [0.25, 0.3) is 0 Å². The lowest BCUT2D eigenvalue weighted by Gasteiger charge is -2.36. The van der Waals surface area contributed by atoms with E-state index < -0.39 is 0 Å². The molecule has 5 nitrogen and oxygen atoms in total. The van der Waals surface area contributed by atoms with Crippen LogP contribution in [-0.4, -0.2) is 62.3 Å². The third kappa shape index (κ3) is 7.44. The Morgan fingerprint density at radius 2 is 1.92 bits per heavy atom. The summed E-state index contributed by atoms with van der Waals surface area (Å²) in [6, 6.07) is 0.543. The number of rotatable bonds is 6. The van der Waals surface area contributed by atoms with E-state index in [1.54, 1.807) is 0 Å². The maximum Gasteiger partial charge on any atom is 0.220 e. The van der Waals surface area contributed by atoms with E-state index in [0.717, 1.165) is 39.4 Å². The molecule has 0 bridgehead atoms. The summed E-state index contributed by atoms with van der Waals surface area (Å²) >= 11 is 0. The molecular formula is C17H35Cl2N3O2. The summed E-state index contributed by atoms with van der Waals surface area (Å²) in [5, 5.41) is 6.65. The number of ether oxygens (including phenoxy) is 1. The highest BCUT2D eigenvalue weighted by molar-refractivity contribution is 5.85. The highest BCUT2D eigenvalue weighted by Gasteiger charge is 2.25. The van der Waals surface area contributed by atoms with Crippen molar-refractivity contribution in [2.24, 2.45) is 11.8 Å². The monoisotopic (exact) mass is 383 g/mol. The molecule has 2 fully saturated rings. The average molecular weight is 384 g/mol. The second kappa shape index (κ2) is 12.3. The van der Waals surface area contributed by atoms with Crippen molar-refractivity contribution in [1.82, 2.24) is 15.5 Å². The number of morpholine rings is 1. The highest BCUT2D eigenvalue weighted by Crippen LogP contribution is 2.22. The van der Waals surface area contributed by atoms with E-state index in [4.69, 9.17) is 4.74 Å². The number of halogens is 2. The molecule has 7 heteroatoms. The molecular weight excluding hydrogens is 349 g/mol. The first-order valence-corrected chi connectivity index (χ1v) is 8.89. The Kier molecular flexibility index (Phi) is 12.3. The van der Waals surface area contributed by atoms with Crippen LogP contribution in [-0.2, 0) is 9.53 Å². The highest BCUT2D eigenvalue weighted by atomic mass is 35.5. The molecule has 2 heterocycles. The zero-order chi connectivity index (χ0) is 15.9. The lowest BCUT2D eigenvalue weighted by Crippen LogP contribution is -2.52. The van der Waals surface area contributed by atoms with E-state index in [9.17, 15) is 4.79 Å². The molecule has 2 saturated heterocycles. The van der Waals surface area contributed by atoms with Gasteiger partial charge in [0.2, 0.25) is 5.91 Å². The lowest BCUT2D eigenvalue weighted by molar-refractivity contribution is -0.123. The van der Waals surface area contributed by atoms with Crippen molar-refractivity contribution in [2.45, 2.75) is 52.1 Å². The van der Waals surface area contributed by atoms with E-state index in [1.165, 1.54) is 12.8 Å². The summed E-state index contributed by atoms with van der Waals surface area (Å²) in [6.07, 6.45) is 3.13. The average Bonchev–Trinajstić information content (AvgIpc) is 2.55. The second-order valence-corrected chi connectivity index (χ2v) is 7.03. The van der Waals surface area contributed by atoms with Crippen molar-refractivity contribution in [3.8, 4) is 0 Å². The van der Waals surface area contributed by atoms with Gasteiger partial charge >= 0.3 is 0 Å². The van der Waals surface area contributed by atoms with E-state index in [2.05, 4.69) is 36.3 Å². The van der Waals surface area contributed by atoms with Crippen molar-refractivity contribution in [1.29, 1.82) is 0 Å². The van der Waals surface area contributed by atoms with Crippen molar-refractivity contribution >= 4 is 30.7 Å². The van der Waals surface area contributed by atoms with Crippen LogP contribution in [0.1, 0.15) is 40.0 Å². The predicted molar refractivity (Wildman–Crippen MR) is 103 cm³/mol. The lowest BCUT2D eigenvalue weighted by atomic mass is 9.85. The summed E-state index contributed by atoms with van der Waals surface area (Å²) in [5.74, 6) is 1.30. The molecule has 2 rings (SSSR count). The van der Waals surface area contributed by atoms with Gasteiger partial charge in [-0.2, -0.15) is 0 Å². The first-order valence-electron chi connectivity index (χ1n) is 8.89. The van der Waals surface area contributed by atoms with Gasteiger partial charge in [0, 0.05) is 31.6 Å². The van der Waals surface area contributed by atoms with E-state index >= 15 is 0 Å². The number of nitrogens with one attached hydrogen (secondary N) is 2. The number of hydrogen-bond donors (Lipinski definition) is 2. The molecule has 0 aromatic carbocycles. The van der Waals surface area contributed by atoms with E-state index in [0.29, 0.717) is 24.3 Å². The van der Waals surface area contributed by atoms with Gasteiger partial charge in [0.05, 0.1) is 13.2 Å². The maximum absolute atomic E-state index is 12.3. The smallest absolute Gasteiger partial charge is 0.220 e. The summed E-state index contributed by atoms with van der Waals surface area (Å²) in [6.45, 7) is 12.3. The Labute approximate surface area is 159 Å². The number of carbonyl (C=O) groups is 1. The SMILES string of the molecule is CC(CC(=O)NC(C)C(C)N1CCOCC1)C1CCCNC1.Cl.Cl. The first-order chi connectivity index (χ1) is 10.6. The third-order valence-electron chi connectivity index (χ3n) is 5.38. The Morgan fingerprint density at radius 1 is 1.25 bits per heavy atom. The molecule has 144 valence electrons. The number of amides is 1. The molecule has 2 N–H and O–H groups in total. The molecule has 1 amide bonds. The molecule has 0 aromatic heterocycles. The van der Waals surface area contributed by atoms with Gasteiger partial charge in [0.25, 0.3) is 0 Å². The third-order valence-corrected chi connectivity index (χ3v) is 5.38. The summed E-state index contributed by atoms with van der Waals surface area (Å²) in [5.41, 5.74) is 0. The van der Waals surface area contributed by atoms with Crippen LogP contribution in [0.5, 0.6) is 0 Å². The number of hydrogen-bond acceptors (Lipinski definition) is 4. The quantitative estimate of drug-likeness (QED) is 0.736. The minimum Gasteiger partial charge on any atom is -0.379 e. The standard InChI is InChI=1S/C17H33N3O2.2ClH/c1-13(16-5-4-6-18-12-16)11-17(21)19-14(2)15(3)20-7-9-22-10-8-20;;/h13-16,18H,4-12H2,1-3H3,(H,19,21);2*1H. The van der Waals surface area contributed by atoms with Gasteiger partial charge in [-0.25, -0.2) is 0 Å². The van der Waals surface area contributed by atoms with Crippen LogP contribution >= 0.6 is 24.8 Å². The molecule has 0 radical (unpaired) electrons. The molecule has 4 unspecified atom stereocenters. The topological polar surface area (TPSA) is 53.6 Å². The fourth-order valence-electron chi connectivity index (χ4n) is 3.56. The second-order valence-electron chi connectivity index (χ2n) is 7.03. The van der Waals surface area contributed by atoms with Gasteiger partial charge in [-0.15, -0.1) is 24.8 Å². The van der Waals surface area contributed by atoms with Crippen molar-refractivity contribution in [3.63, 3.8) is 0 Å². The van der Waals surface area contributed by atoms with E-state index in [-0.39, 0.29) is 36.8 Å². The fourth-order valence-corrected chi connectivity index (χ4v) is 3.56. The Morgan fingerprint density at radius 3 is 2.50 bits per heavy atom. The van der Waals surface area contributed by atoms with Gasteiger partial charge in [-0.1, -0.05) is 6.92 Å². The molecule has 0 saturated carbocycles. The zero-order valence-electron chi connectivity index (χ0n) is 15.3. The number of nitrogens with zero attached hydrogens (tertiary/aromatic N) is 1. The maximum atomic E-state index is 12.3. The van der Waals surface area contributed by atoms with Crippen LogP contribution in [0.3, 0.4) is 0 Å². The minimum atomic E-state index is 0. The van der Waals surface area contributed by atoms with E-state index in [1.807, 2.05) is 0 Å². The molecule has 4 atom stereocenters. The fraction of sp³-hybridized carbons (Fsp3) is 0.941. The van der Waals surface area contributed by atoms with Crippen LogP contribution in [0.4, 0.5) is 0 Å². The van der Waals surface area contributed by atoms with Gasteiger partial charge in [-0.3, -0.25) is 9.69 Å². The number of carbonyl (C=O) groups excluding carboxylic acids is 1. The van der Waals surface area contributed by atoms with Crippen LogP contribution in [0.2, 0.25) is 0 Å². The molecule has 2 aliphatic rings. The van der Waals surface area contributed by atoms with Gasteiger partial charge < -0.3 is 15.4 Å². The molecule has 0 aromatic rings. The van der Waals surface area contributed by atoms with Crippen LogP contribution in [0.15, 0.2) is 0 Å². The van der Waals surface area contributed by atoms with Gasteiger partial charge in [-0.05, 0) is 51.6 Å². The minimum absolute atomic E-state index is 0. The van der Waals surface area contributed by atoms with Crippen LogP contribution < -0.4 is 10.6 Å². The summed E-state index contributed by atoms with van der Waals surface area (Å²) in [4.78, 5) is 14.7. The first kappa shape index (κ1) is 23.9. The Bertz CT molecular complexity index is 349. The summed E-state index contributed by atoms with van der Waals surface area (Å²) in [7, 11) is 0. The Balaban J connectivity index is 0.00000264.